The molecule has 2 aromatic carbocycles. The van der Waals surface area contributed by atoms with Crippen LogP contribution < -0.4 is 16.0 Å². The third kappa shape index (κ3) is 6.73. The molecule has 0 unspecified atom stereocenters. The number of hydrogen-bond donors (Lipinski definition) is 3. The smallest absolute Gasteiger partial charge is 0.229 e. The van der Waals surface area contributed by atoms with Gasteiger partial charge in [-0.1, -0.05) is 35.9 Å². The van der Waals surface area contributed by atoms with Crippen LogP contribution in [0.1, 0.15) is 28.1 Å². The third-order valence-corrected chi connectivity index (χ3v) is 5.15. The number of thiocarbonyl (C=S) groups is 1. The van der Waals surface area contributed by atoms with Crippen molar-refractivity contribution in [3.8, 4) is 0 Å². The standard InChI is InChI=1S/C23H25ClN6S/c1-14-9-10-19(11-15(14)2)28-23(31)30-21(25-13-18-7-5-6-8-20(18)24)29-22-26-16(3)12-17(4)27-22/h5-12H,13H2,1-4H3,(H3,25,26,27,28,29,30,31). The van der Waals surface area contributed by atoms with Crippen molar-refractivity contribution in [2.45, 2.75) is 34.2 Å². The minimum atomic E-state index is 0.367. The van der Waals surface area contributed by atoms with Gasteiger partial charge < -0.3 is 10.6 Å². The molecule has 0 aliphatic rings. The van der Waals surface area contributed by atoms with E-state index >= 15 is 0 Å². The molecule has 0 atom stereocenters. The highest BCUT2D eigenvalue weighted by atomic mass is 35.5. The van der Waals surface area contributed by atoms with Gasteiger partial charge in [0.2, 0.25) is 11.9 Å². The summed E-state index contributed by atoms with van der Waals surface area (Å²) in [7, 11) is 0. The van der Waals surface area contributed by atoms with Crippen molar-refractivity contribution in [3.05, 3.63) is 81.6 Å². The van der Waals surface area contributed by atoms with Crippen LogP contribution in [0.5, 0.6) is 0 Å². The first-order valence-electron chi connectivity index (χ1n) is 9.82. The van der Waals surface area contributed by atoms with Crippen LogP contribution in [0, 0.1) is 27.7 Å². The van der Waals surface area contributed by atoms with Crippen LogP contribution in [0.2, 0.25) is 5.02 Å². The number of aryl methyl sites for hydroxylation is 4. The number of aromatic nitrogens is 2. The predicted octanol–water partition coefficient (Wildman–Crippen LogP) is 5.32. The number of nitrogens with zero attached hydrogens (tertiary/aromatic N) is 3. The second-order valence-corrected chi connectivity index (χ2v) is 8.05. The van der Waals surface area contributed by atoms with E-state index in [4.69, 9.17) is 23.8 Å². The molecule has 0 amide bonds. The van der Waals surface area contributed by atoms with Crippen LogP contribution in [-0.2, 0) is 6.54 Å². The monoisotopic (exact) mass is 452 g/mol. The lowest BCUT2D eigenvalue weighted by molar-refractivity contribution is 1.03. The van der Waals surface area contributed by atoms with Crippen LogP contribution in [0.3, 0.4) is 0 Å². The Labute approximate surface area is 193 Å². The van der Waals surface area contributed by atoms with Gasteiger partial charge in [0.15, 0.2) is 5.11 Å². The van der Waals surface area contributed by atoms with Crippen molar-refractivity contribution >= 4 is 46.5 Å². The Morgan fingerprint density at radius 3 is 2.32 bits per heavy atom. The highest BCUT2D eigenvalue weighted by Crippen LogP contribution is 2.16. The Balaban J connectivity index is 1.80. The summed E-state index contributed by atoms with van der Waals surface area (Å²) < 4.78 is 0. The van der Waals surface area contributed by atoms with Crippen molar-refractivity contribution in [2.24, 2.45) is 4.99 Å². The molecular weight excluding hydrogens is 428 g/mol. The molecule has 8 heteroatoms. The summed E-state index contributed by atoms with van der Waals surface area (Å²) in [5.41, 5.74) is 5.92. The summed E-state index contributed by atoms with van der Waals surface area (Å²) in [5, 5.41) is 10.5. The molecule has 0 fully saturated rings. The number of halogens is 1. The molecule has 3 rings (SSSR count). The Hall–Kier alpha value is -3.03. The number of guanidine groups is 1. The van der Waals surface area contributed by atoms with Gasteiger partial charge in [0.1, 0.15) is 0 Å². The lowest BCUT2D eigenvalue weighted by Gasteiger charge is -2.15. The van der Waals surface area contributed by atoms with Crippen LogP contribution in [0.15, 0.2) is 53.5 Å². The number of benzene rings is 2. The average Bonchev–Trinajstić information content (AvgIpc) is 2.69. The predicted molar refractivity (Wildman–Crippen MR) is 133 cm³/mol. The summed E-state index contributed by atoms with van der Waals surface area (Å²) >= 11 is 11.8. The highest BCUT2D eigenvalue weighted by Gasteiger charge is 2.08. The molecule has 31 heavy (non-hydrogen) atoms. The van der Waals surface area contributed by atoms with E-state index in [-0.39, 0.29) is 0 Å². The summed E-state index contributed by atoms with van der Waals surface area (Å²) in [6.07, 6.45) is 0. The van der Waals surface area contributed by atoms with Crippen LogP contribution in [0.25, 0.3) is 0 Å². The largest absolute Gasteiger partial charge is 0.332 e. The van der Waals surface area contributed by atoms with Gasteiger partial charge in [-0.15, -0.1) is 0 Å². The van der Waals surface area contributed by atoms with E-state index in [1.54, 1.807) is 0 Å². The highest BCUT2D eigenvalue weighted by molar-refractivity contribution is 7.80. The minimum absolute atomic E-state index is 0.367. The van der Waals surface area contributed by atoms with Gasteiger partial charge in [0.05, 0.1) is 6.54 Å². The fraction of sp³-hybridized carbons (Fsp3) is 0.217. The van der Waals surface area contributed by atoms with Gasteiger partial charge in [0.25, 0.3) is 0 Å². The van der Waals surface area contributed by atoms with E-state index in [1.807, 2.05) is 62.4 Å². The Morgan fingerprint density at radius 1 is 0.935 bits per heavy atom. The number of anilines is 2. The summed E-state index contributed by atoms with van der Waals surface area (Å²) in [6.45, 7) is 8.33. The van der Waals surface area contributed by atoms with E-state index in [0.29, 0.717) is 28.6 Å². The molecule has 0 bridgehead atoms. The zero-order valence-electron chi connectivity index (χ0n) is 18.0. The molecule has 0 aliphatic heterocycles. The second kappa shape index (κ2) is 10.3. The first-order valence-corrected chi connectivity index (χ1v) is 10.6. The van der Waals surface area contributed by atoms with Crippen LogP contribution >= 0.6 is 23.8 Å². The maximum atomic E-state index is 6.28. The van der Waals surface area contributed by atoms with Crippen molar-refractivity contribution in [1.82, 2.24) is 15.3 Å². The van der Waals surface area contributed by atoms with Gasteiger partial charge in [0, 0.05) is 22.1 Å². The third-order valence-electron chi connectivity index (χ3n) is 4.57. The second-order valence-electron chi connectivity index (χ2n) is 7.23. The summed E-state index contributed by atoms with van der Waals surface area (Å²) in [4.78, 5) is 13.5. The quantitative estimate of drug-likeness (QED) is 0.282. The molecule has 3 aromatic rings. The van der Waals surface area contributed by atoms with E-state index in [1.165, 1.54) is 11.1 Å². The zero-order chi connectivity index (χ0) is 22.4. The maximum absolute atomic E-state index is 6.28. The number of hydrogen-bond acceptors (Lipinski definition) is 4. The molecule has 1 aromatic heterocycles. The van der Waals surface area contributed by atoms with Crippen LogP contribution in [-0.4, -0.2) is 21.0 Å². The van der Waals surface area contributed by atoms with E-state index in [2.05, 4.69) is 44.8 Å². The summed E-state index contributed by atoms with van der Waals surface area (Å²) in [6, 6.07) is 15.6. The Kier molecular flexibility index (Phi) is 7.55. The Morgan fingerprint density at radius 2 is 1.65 bits per heavy atom. The lowest BCUT2D eigenvalue weighted by Crippen LogP contribution is -2.39. The first kappa shape index (κ1) is 22.7. The minimum Gasteiger partial charge on any atom is -0.332 e. The van der Waals surface area contributed by atoms with Crippen molar-refractivity contribution in [2.75, 3.05) is 10.6 Å². The number of nitrogens with one attached hydrogen (secondary N) is 3. The molecule has 0 saturated carbocycles. The molecule has 1 heterocycles. The molecular formula is C23H25ClN6S. The Bertz CT molecular complexity index is 1110. The van der Waals surface area contributed by atoms with Gasteiger partial charge in [-0.05, 0) is 80.9 Å². The fourth-order valence-electron chi connectivity index (χ4n) is 2.88. The van der Waals surface area contributed by atoms with E-state index in [9.17, 15) is 0 Å². The topological polar surface area (TPSA) is 74.2 Å². The maximum Gasteiger partial charge on any atom is 0.229 e. The molecule has 3 N–H and O–H groups in total. The molecule has 0 spiro atoms. The van der Waals surface area contributed by atoms with Crippen molar-refractivity contribution in [1.29, 1.82) is 0 Å². The fourth-order valence-corrected chi connectivity index (χ4v) is 3.29. The molecule has 0 saturated heterocycles. The van der Waals surface area contributed by atoms with Gasteiger partial charge in [-0.2, -0.15) is 0 Å². The zero-order valence-corrected chi connectivity index (χ0v) is 19.5. The van der Waals surface area contributed by atoms with Crippen LogP contribution in [0.4, 0.5) is 11.6 Å². The number of rotatable bonds is 4. The average molecular weight is 453 g/mol. The van der Waals surface area contributed by atoms with Gasteiger partial charge in [-0.3, -0.25) is 5.32 Å². The molecule has 160 valence electrons. The first-order chi connectivity index (χ1) is 14.8. The van der Waals surface area contributed by atoms with Crippen molar-refractivity contribution in [3.63, 3.8) is 0 Å². The number of aliphatic imine (C=N–C) groups is 1. The molecule has 0 radical (unpaired) electrons. The lowest BCUT2D eigenvalue weighted by atomic mass is 10.1. The SMILES string of the molecule is Cc1cc(C)nc(NC(=NCc2ccccc2Cl)NC(=S)Nc2ccc(C)c(C)c2)n1. The van der Waals surface area contributed by atoms with E-state index < -0.39 is 0 Å². The molecule has 0 aliphatic carbocycles. The normalized spacial score (nSPS) is 11.2. The summed E-state index contributed by atoms with van der Waals surface area (Å²) in [5.74, 6) is 0.864. The van der Waals surface area contributed by atoms with Gasteiger partial charge >= 0.3 is 0 Å². The van der Waals surface area contributed by atoms with E-state index in [0.717, 1.165) is 22.6 Å². The van der Waals surface area contributed by atoms with Crippen molar-refractivity contribution < 1.29 is 0 Å². The molecule has 6 nitrogen and oxygen atoms in total. The van der Waals surface area contributed by atoms with Gasteiger partial charge in [-0.25, -0.2) is 15.0 Å².